The summed E-state index contributed by atoms with van der Waals surface area (Å²) < 4.78 is 0. The molecule has 0 heterocycles. The molecule has 0 amide bonds. The summed E-state index contributed by atoms with van der Waals surface area (Å²) in [6.07, 6.45) is 6.88. The van der Waals surface area contributed by atoms with Gasteiger partial charge in [0.2, 0.25) is 0 Å². The zero-order valence-electron chi connectivity index (χ0n) is 10.7. The van der Waals surface area contributed by atoms with Crippen LogP contribution in [0.3, 0.4) is 0 Å². The van der Waals surface area contributed by atoms with Crippen LogP contribution in [-0.2, 0) is 0 Å². The van der Waals surface area contributed by atoms with Crippen LogP contribution in [0.2, 0.25) is 0 Å². The third kappa shape index (κ3) is 5.53. The molecule has 1 fully saturated rings. The molecule has 0 bridgehead atoms. The predicted molar refractivity (Wildman–Crippen MR) is 66.9 cm³/mol. The normalized spacial score (nSPS) is 20.0. The first-order valence-electron chi connectivity index (χ1n) is 6.45. The van der Waals surface area contributed by atoms with E-state index < -0.39 is 0 Å². The zero-order valence-corrected chi connectivity index (χ0v) is 10.7. The van der Waals surface area contributed by atoms with Crippen molar-refractivity contribution in [3.63, 3.8) is 0 Å². The minimum atomic E-state index is 0.382. The first kappa shape index (κ1) is 13.0. The van der Waals surface area contributed by atoms with Gasteiger partial charge in [-0.15, -0.1) is 0 Å². The Labute approximate surface area is 95.0 Å². The quantitative estimate of drug-likeness (QED) is 0.710. The van der Waals surface area contributed by atoms with Gasteiger partial charge in [0, 0.05) is 12.6 Å². The first-order chi connectivity index (χ1) is 7.01. The van der Waals surface area contributed by atoms with E-state index in [1.807, 2.05) is 0 Å². The molecule has 2 nitrogen and oxygen atoms in total. The second kappa shape index (κ2) is 5.86. The molecule has 1 unspecified atom stereocenters. The summed E-state index contributed by atoms with van der Waals surface area (Å²) >= 11 is 0. The van der Waals surface area contributed by atoms with E-state index >= 15 is 0 Å². The molecule has 1 rings (SSSR count). The molecule has 15 heavy (non-hydrogen) atoms. The molecule has 0 aromatic carbocycles. The Kier molecular flexibility index (Phi) is 5.07. The zero-order chi connectivity index (χ0) is 11.3. The summed E-state index contributed by atoms with van der Waals surface area (Å²) in [5.41, 5.74) is 6.16. The molecule has 0 saturated heterocycles. The molecular formula is C13H28N2. The van der Waals surface area contributed by atoms with Gasteiger partial charge >= 0.3 is 0 Å². The van der Waals surface area contributed by atoms with Gasteiger partial charge in [-0.05, 0) is 30.7 Å². The fourth-order valence-electron chi connectivity index (χ4n) is 2.25. The molecule has 1 aliphatic carbocycles. The fraction of sp³-hybridized carbons (Fsp3) is 1.00. The van der Waals surface area contributed by atoms with Crippen molar-refractivity contribution in [3.8, 4) is 0 Å². The maximum Gasteiger partial charge on any atom is 0.0195 e. The van der Waals surface area contributed by atoms with Gasteiger partial charge in [-0.25, -0.2) is 0 Å². The highest BCUT2D eigenvalue weighted by molar-refractivity contribution is 4.77. The molecule has 0 aromatic heterocycles. The van der Waals surface area contributed by atoms with Gasteiger partial charge in [0.05, 0.1) is 0 Å². The van der Waals surface area contributed by atoms with Crippen LogP contribution < -0.4 is 11.1 Å². The summed E-state index contributed by atoms with van der Waals surface area (Å²) in [5, 5.41) is 3.60. The molecule has 0 aromatic rings. The van der Waals surface area contributed by atoms with E-state index in [9.17, 15) is 0 Å². The van der Waals surface area contributed by atoms with E-state index in [0.29, 0.717) is 11.5 Å². The van der Waals surface area contributed by atoms with E-state index in [0.717, 1.165) is 19.0 Å². The average Bonchev–Trinajstić information content (AvgIpc) is 2.05. The van der Waals surface area contributed by atoms with Crippen LogP contribution in [0.15, 0.2) is 0 Å². The summed E-state index contributed by atoms with van der Waals surface area (Å²) in [5.74, 6) is 1.01. The van der Waals surface area contributed by atoms with Crippen molar-refractivity contribution in [3.05, 3.63) is 0 Å². The Bertz CT molecular complexity index is 168. The van der Waals surface area contributed by atoms with Crippen LogP contribution >= 0.6 is 0 Å². The molecule has 90 valence electrons. The summed E-state index contributed by atoms with van der Waals surface area (Å²) in [7, 11) is 0. The Morgan fingerprint density at radius 3 is 2.40 bits per heavy atom. The smallest absolute Gasteiger partial charge is 0.0195 e. The number of nitrogens with two attached hydrogens (primary N) is 1. The van der Waals surface area contributed by atoms with Crippen LogP contribution in [-0.4, -0.2) is 19.1 Å². The number of rotatable bonds is 6. The van der Waals surface area contributed by atoms with E-state index in [-0.39, 0.29) is 0 Å². The Morgan fingerprint density at radius 2 is 2.00 bits per heavy atom. The van der Waals surface area contributed by atoms with Gasteiger partial charge in [0.1, 0.15) is 0 Å². The molecule has 0 aliphatic heterocycles. The fourth-order valence-corrected chi connectivity index (χ4v) is 2.25. The Hall–Kier alpha value is -0.0800. The molecule has 0 radical (unpaired) electrons. The van der Waals surface area contributed by atoms with Crippen molar-refractivity contribution in [2.24, 2.45) is 17.1 Å². The van der Waals surface area contributed by atoms with E-state index in [1.165, 1.54) is 32.1 Å². The van der Waals surface area contributed by atoms with Gasteiger partial charge in [0.15, 0.2) is 0 Å². The van der Waals surface area contributed by atoms with Crippen LogP contribution in [0.25, 0.3) is 0 Å². The van der Waals surface area contributed by atoms with Crippen molar-refractivity contribution >= 4 is 0 Å². The van der Waals surface area contributed by atoms with Crippen molar-refractivity contribution in [2.75, 3.05) is 13.1 Å². The van der Waals surface area contributed by atoms with Crippen molar-refractivity contribution in [2.45, 2.75) is 58.9 Å². The molecule has 1 aliphatic rings. The van der Waals surface area contributed by atoms with Crippen molar-refractivity contribution in [1.82, 2.24) is 5.32 Å². The highest BCUT2D eigenvalue weighted by atomic mass is 14.9. The molecule has 0 spiro atoms. The van der Waals surface area contributed by atoms with E-state index in [1.54, 1.807) is 0 Å². The van der Waals surface area contributed by atoms with Gasteiger partial charge in [-0.2, -0.15) is 0 Å². The lowest BCUT2D eigenvalue weighted by atomic mass is 9.83. The van der Waals surface area contributed by atoms with Gasteiger partial charge in [0.25, 0.3) is 0 Å². The Balaban J connectivity index is 2.09. The highest BCUT2D eigenvalue weighted by Gasteiger charge is 2.19. The second-order valence-electron chi connectivity index (χ2n) is 6.24. The topological polar surface area (TPSA) is 38.0 Å². The van der Waals surface area contributed by atoms with Crippen LogP contribution in [0, 0.1) is 11.3 Å². The second-order valence-corrected chi connectivity index (χ2v) is 6.24. The van der Waals surface area contributed by atoms with Crippen molar-refractivity contribution < 1.29 is 0 Å². The van der Waals surface area contributed by atoms with E-state index in [2.05, 4.69) is 26.1 Å². The molecular weight excluding hydrogens is 184 g/mol. The summed E-state index contributed by atoms with van der Waals surface area (Å²) in [6, 6.07) is 0.505. The number of hydrogen-bond donors (Lipinski definition) is 2. The summed E-state index contributed by atoms with van der Waals surface area (Å²) in [6.45, 7) is 8.76. The summed E-state index contributed by atoms with van der Waals surface area (Å²) in [4.78, 5) is 0. The lowest BCUT2D eigenvalue weighted by Crippen LogP contribution is -2.40. The monoisotopic (exact) mass is 212 g/mol. The maximum atomic E-state index is 5.78. The lowest BCUT2D eigenvalue weighted by molar-refractivity contribution is 0.270. The minimum absolute atomic E-state index is 0.382. The maximum absolute atomic E-state index is 5.78. The highest BCUT2D eigenvalue weighted by Crippen LogP contribution is 2.29. The molecule has 1 atom stereocenters. The van der Waals surface area contributed by atoms with Crippen molar-refractivity contribution in [1.29, 1.82) is 0 Å². The Morgan fingerprint density at radius 1 is 1.33 bits per heavy atom. The van der Waals surface area contributed by atoms with Gasteiger partial charge in [-0.1, -0.05) is 40.0 Å². The average molecular weight is 212 g/mol. The third-order valence-electron chi connectivity index (χ3n) is 3.35. The third-order valence-corrected chi connectivity index (χ3v) is 3.35. The first-order valence-corrected chi connectivity index (χ1v) is 6.45. The van der Waals surface area contributed by atoms with Crippen LogP contribution in [0.1, 0.15) is 52.9 Å². The standard InChI is InChI=1S/C13H28N2/c1-13(2,3)9-12(10-14)15-8-7-11-5-4-6-11/h11-12,15H,4-10,14H2,1-3H3. The molecule has 3 N–H and O–H groups in total. The van der Waals surface area contributed by atoms with Crippen LogP contribution in [0.4, 0.5) is 0 Å². The SMILES string of the molecule is CC(C)(C)CC(CN)NCCC1CCC1. The largest absolute Gasteiger partial charge is 0.329 e. The molecule has 1 saturated carbocycles. The van der Waals surface area contributed by atoms with E-state index in [4.69, 9.17) is 5.73 Å². The molecule has 2 heteroatoms. The van der Waals surface area contributed by atoms with Gasteiger partial charge in [-0.3, -0.25) is 0 Å². The lowest BCUT2D eigenvalue weighted by Gasteiger charge is -2.29. The van der Waals surface area contributed by atoms with Crippen LogP contribution in [0.5, 0.6) is 0 Å². The number of hydrogen-bond acceptors (Lipinski definition) is 2. The number of nitrogens with one attached hydrogen (secondary N) is 1. The predicted octanol–water partition coefficient (Wildman–Crippen LogP) is 2.53. The van der Waals surface area contributed by atoms with Gasteiger partial charge < -0.3 is 11.1 Å². The minimum Gasteiger partial charge on any atom is -0.329 e.